The summed E-state index contributed by atoms with van der Waals surface area (Å²) in [4.78, 5) is 0. The molecule has 0 saturated carbocycles. The lowest BCUT2D eigenvalue weighted by Crippen LogP contribution is -2.07. The molecule has 0 aromatic heterocycles. The van der Waals surface area contributed by atoms with Gasteiger partial charge in [0, 0.05) is 5.41 Å². The van der Waals surface area contributed by atoms with Gasteiger partial charge >= 0.3 is 0 Å². The van der Waals surface area contributed by atoms with Gasteiger partial charge in [0.05, 0.1) is 0 Å². The van der Waals surface area contributed by atoms with Gasteiger partial charge in [-0.1, -0.05) is 60.2 Å². The summed E-state index contributed by atoms with van der Waals surface area (Å²) < 4.78 is 0. The van der Waals surface area contributed by atoms with Crippen LogP contribution in [-0.4, -0.2) is 0 Å². The highest BCUT2D eigenvalue weighted by atomic mass is 14.5. The Kier molecular flexibility index (Phi) is 2.41. The number of allylic oxidation sites excluding steroid dienone is 2. The average Bonchev–Trinajstić information content (AvgIpc) is 2.95. The molecule has 0 amide bonds. The minimum atomic E-state index is 0.146. The van der Waals surface area contributed by atoms with Gasteiger partial charge in [0.2, 0.25) is 0 Å². The molecule has 18 heavy (non-hydrogen) atoms. The maximum atomic E-state index is 2.33. The molecule has 0 heteroatoms. The zero-order valence-corrected chi connectivity index (χ0v) is 11.2. The summed E-state index contributed by atoms with van der Waals surface area (Å²) in [5.41, 5.74) is 7.33. The van der Waals surface area contributed by atoms with Crippen LogP contribution in [-0.2, 0) is 5.41 Å². The van der Waals surface area contributed by atoms with Gasteiger partial charge < -0.3 is 0 Å². The molecular formula is C18H18. The number of benzene rings is 2. The molecule has 2 aromatic rings. The first-order valence-electron chi connectivity index (χ1n) is 6.49. The largest absolute Gasteiger partial charge is 0.0622 e. The van der Waals surface area contributed by atoms with Crippen LogP contribution in [0, 0.1) is 6.92 Å². The molecule has 1 aliphatic carbocycles. The first-order valence-corrected chi connectivity index (χ1v) is 6.49. The second-order valence-corrected chi connectivity index (χ2v) is 5.31. The topological polar surface area (TPSA) is 0 Å². The van der Waals surface area contributed by atoms with Crippen LogP contribution in [0.4, 0.5) is 0 Å². The SMILES string of the molecule is CC1=C(c2ccccc2C)C1(C)c1ccccc1. The number of rotatable bonds is 2. The second-order valence-electron chi connectivity index (χ2n) is 5.31. The van der Waals surface area contributed by atoms with Crippen LogP contribution in [0.2, 0.25) is 0 Å². The maximum Gasteiger partial charge on any atom is 0.0392 e. The molecule has 90 valence electrons. The normalized spacial score (nSPS) is 22.2. The van der Waals surface area contributed by atoms with Gasteiger partial charge in [-0.25, -0.2) is 0 Å². The maximum absolute atomic E-state index is 2.33. The fraction of sp³-hybridized carbons (Fsp3) is 0.222. The van der Waals surface area contributed by atoms with Crippen LogP contribution in [0.3, 0.4) is 0 Å². The molecule has 3 rings (SSSR count). The van der Waals surface area contributed by atoms with Crippen LogP contribution in [0.25, 0.3) is 5.57 Å². The predicted octanol–water partition coefficient (Wildman–Crippen LogP) is 4.74. The first-order chi connectivity index (χ1) is 8.65. The van der Waals surface area contributed by atoms with Crippen molar-refractivity contribution in [2.45, 2.75) is 26.2 Å². The van der Waals surface area contributed by atoms with E-state index < -0.39 is 0 Å². The highest BCUT2D eigenvalue weighted by Crippen LogP contribution is 2.59. The summed E-state index contributed by atoms with van der Waals surface area (Å²) in [6, 6.07) is 19.5. The minimum absolute atomic E-state index is 0.146. The van der Waals surface area contributed by atoms with E-state index in [9.17, 15) is 0 Å². The number of hydrogen-bond donors (Lipinski definition) is 0. The summed E-state index contributed by atoms with van der Waals surface area (Å²) in [6.45, 7) is 6.79. The summed E-state index contributed by atoms with van der Waals surface area (Å²) >= 11 is 0. The van der Waals surface area contributed by atoms with Gasteiger partial charge in [0.15, 0.2) is 0 Å². The first kappa shape index (κ1) is 11.3. The molecule has 2 aromatic carbocycles. The molecule has 0 aliphatic heterocycles. The van der Waals surface area contributed by atoms with Crippen LogP contribution in [0.15, 0.2) is 60.2 Å². The van der Waals surface area contributed by atoms with Crippen LogP contribution in [0.5, 0.6) is 0 Å². The fourth-order valence-electron chi connectivity index (χ4n) is 2.99. The van der Waals surface area contributed by atoms with Crippen LogP contribution in [0.1, 0.15) is 30.5 Å². The summed E-state index contributed by atoms with van der Waals surface area (Å²) in [6.07, 6.45) is 0. The van der Waals surface area contributed by atoms with Crippen molar-refractivity contribution < 1.29 is 0 Å². The smallest absolute Gasteiger partial charge is 0.0392 e. The molecule has 1 unspecified atom stereocenters. The molecule has 0 heterocycles. The Balaban J connectivity index is 2.05. The van der Waals surface area contributed by atoms with Crippen molar-refractivity contribution in [3.8, 4) is 0 Å². The van der Waals surface area contributed by atoms with Crippen LogP contribution >= 0.6 is 0 Å². The Labute approximate surface area is 109 Å². The highest BCUT2D eigenvalue weighted by Gasteiger charge is 2.48. The lowest BCUT2D eigenvalue weighted by Gasteiger charge is -2.15. The lowest BCUT2D eigenvalue weighted by atomic mass is 9.88. The van der Waals surface area contributed by atoms with Gasteiger partial charge in [-0.2, -0.15) is 0 Å². The fourth-order valence-corrected chi connectivity index (χ4v) is 2.99. The van der Waals surface area contributed by atoms with E-state index in [1.54, 1.807) is 0 Å². The standard InChI is InChI=1S/C18H18/c1-13-9-7-8-12-16(13)17-14(2)18(17,3)15-10-5-4-6-11-15/h4-12H,1-3H3. The van der Waals surface area contributed by atoms with Crippen molar-refractivity contribution in [1.29, 1.82) is 0 Å². The van der Waals surface area contributed by atoms with Crippen LogP contribution < -0.4 is 0 Å². The van der Waals surface area contributed by atoms with Gasteiger partial charge in [-0.3, -0.25) is 0 Å². The van der Waals surface area contributed by atoms with Gasteiger partial charge in [-0.15, -0.1) is 0 Å². The van der Waals surface area contributed by atoms with Crippen molar-refractivity contribution in [2.75, 3.05) is 0 Å². The van der Waals surface area contributed by atoms with E-state index in [1.165, 1.54) is 27.8 Å². The van der Waals surface area contributed by atoms with E-state index in [-0.39, 0.29) is 5.41 Å². The summed E-state index contributed by atoms with van der Waals surface area (Å²) in [5, 5.41) is 0. The third-order valence-corrected chi connectivity index (χ3v) is 4.33. The molecule has 0 N–H and O–H groups in total. The van der Waals surface area contributed by atoms with E-state index in [4.69, 9.17) is 0 Å². The van der Waals surface area contributed by atoms with E-state index in [0.717, 1.165) is 0 Å². The zero-order chi connectivity index (χ0) is 12.8. The molecular weight excluding hydrogens is 216 g/mol. The second kappa shape index (κ2) is 3.84. The third kappa shape index (κ3) is 1.45. The molecule has 0 saturated heterocycles. The van der Waals surface area contributed by atoms with Gasteiger partial charge in [0.25, 0.3) is 0 Å². The number of hydrogen-bond acceptors (Lipinski definition) is 0. The lowest BCUT2D eigenvalue weighted by molar-refractivity contribution is 0.844. The molecule has 1 aliphatic rings. The Morgan fingerprint density at radius 2 is 1.39 bits per heavy atom. The van der Waals surface area contributed by atoms with E-state index in [1.807, 2.05) is 0 Å². The van der Waals surface area contributed by atoms with Gasteiger partial charge in [0.1, 0.15) is 0 Å². The minimum Gasteiger partial charge on any atom is -0.0622 e. The molecule has 0 bridgehead atoms. The Bertz CT molecular complexity index is 619. The summed E-state index contributed by atoms with van der Waals surface area (Å²) in [7, 11) is 0. The number of aryl methyl sites for hydroxylation is 1. The van der Waals surface area contributed by atoms with Crippen molar-refractivity contribution >= 4 is 5.57 Å². The van der Waals surface area contributed by atoms with E-state index in [2.05, 4.69) is 75.4 Å². The van der Waals surface area contributed by atoms with E-state index >= 15 is 0 Å². The Morgan fingerprint density at radius 3 is 2.06 bits per heavy atom. The molecule has 0 radical (unpaired) electrons. The van der Waals surface area contributed by atoms with Crippen molar-refractivity contribution in [2.24, 2.45) is 0 Å². The quantitative estimate of drug-likeness (QED) is 0.704. The van der Waals surface area contributed by atoms with Crippen molar-refractivity contribution in [3.05, 3.63) is 76.9 Å². The van der Waals surface area contributed by atoms with E-state index in [0.29, 0.717) is 0 Å². The predicted molar refractivity (Wildman–Crippen MR) is 77.6 cm³/mol. The molecule has 0 nitrogen and oxygen atoms in total. The summed E-state index contributed by atoms with van der Waals surface area (Å²) in [5.74, 6) is 0. The van der Waals surface area contributed by atoms with Gasteiger partial charge in [-0.05, 0) is 43.0 Å². The monoisotopic (exact) mass is 234 g/mol. The average molecular weight is 234 g/mol. The Morgan fingerprint density at radius 1 is 0.778 bits per heavy atom. The molecule has 0 spiro atoms. The molecule has 0 fully saturated rings. The zero-order valence-electron chi connectivity index (χ0n) is 11.2. The molecule has 1 atom stereocenters. The highest BCUT2D eigenvalue weighted by molar-refractivity contribution is 5.95. The van der Waals surface area contributed by atoms with Crippen molar-refractivity contribution in [3.63, 3.8) is 0 Å². The Hall–Kier alpha value is -1.82. The third-order valence-electron chi connectivity index (χ3n) is 4.33. The van der Waals surface area contributed by atoms with Crippen molar-refractivity contribution in [1.82, 2.24) is 0 Å².